The van der Waals surface area contributed by atoms with Gasteiger partial charge in [0.15, 0.2) is 5.76 Å². The smallest absolute Gasteiger partial charge is 0.308 e. The number of hydrogen-bond donors (Lipinski definition) is 1. The zero-order chi connectivity index (χ0) is 14.1. The van der Waals surface area contributed by atoms with Gasteiger partial charge in [-0.2, -0.15) is 0 Å². The Labute approximate surface area is 118 Å². The van der Waals surface area contributed by atoms with Crippen molar-refractivity contribution in [2.24, 2.45) is 0 Å². The van der Waals surface area contributed by atoms with Crippen LogP contribution in [0.1, 0.15) is 17.5 Å². The number of carbonyl (C=O) groups excluding carboxylic acids is 1. The highest BCUT2D eigenvalue weighted by Gasteiger charge is 2.11. The van der Waals surface area contributed by atoms with E-state index in [0.717, 1.165) is 10.2 Å². The Morgan fingerprint density at radius 2 is 2.25 bits per heavy atom. The molecule has 3 rings (SSSR count). The van der Waals surface area contributed by atoms with Gasteiger partial charge in [0.2, 0.25) is 0 Å². The second-order valence-corrected chi connectivity index (χ2v) is 5.22. The van der Waals surface area contributed by atoms with Crippen LogP contribution in [0, 0.1) is 0 Å². The molecule has 2 aromatic heterocycles. The largest absolute Gasteiger partial charge is 0.459 e. The molecule has 3 aromatic rings. The average Bonchev–Trinajstić information content (AvgIpc) is 3.04. The lowest BCUT2D eigenvalue weighted by Crippen LogP contribution is -2.11. The van der Waals surface area contributed by atoms with Gasteiger partial charge in [0.1, 0.15) is 0 Å². The molecule has 20 heavy (non-hydrogen) atoms. The van der Waals surface area contributed by atoms with Crippen LogP contribution in [0.3, 0.4) is 0 Å². The number of aromatic nitrogens is 1. The lowest BCUT2D eigenvalue weighted by atomic mass is 10.3. The summed E-state index contributed by atoms with van der Waals surface area (Å²) in [6.07, 6.45) is 1.45. The summed E-state index contributed by atoms with van der Waals surface area (Å²) in [4.78, 5) is 23.7. The SMILES string of the molecule is CCn1c(=O)sc2cc(NC(=O)c3ccco3)ccc21. The first-order valence-corrected chi connectivity index (χ1v) is 6.99. The molecule has 0 atom stereocenters. The van der Waals surface area contributed by atoms with Gasteiger partial charge in [-0.25, -0.2) is 0 Å². The predicted octanol–water partition coefficient (Wildman–Crippen LogP) is 2.93. The van der Waals surface area contributed by atoms with Gasteiger partial charge >= 0.3 is 4.87 Å². The van der Waals surface area contributed by atoms with E-state index in [0.29, 0.717) is 12.2 Å². The molecule has 0 saturated heterocycles. The van der Waals surface area contributed by atoms with Crippen LogP contribution in [0.2, 0.25) is 0 Å². The van der Waals surface area contributed by atoms with Crippen molar-refractivity contribution in [2.45, 2.75) is 13.5 Å². The van der Waals surface area contributed by atoms with Crippen molar-refractivity contribution in [2.75, 3.05) is 5.32 Å². The minimum atomic E-state index is -0.309. The van der Waals surface area contributed by atoms with Crippen LogP contribution in [0.15, 0.2) is 45.8 Å². The Morgan fingerprint density at radius 3 is 2.95 bits per heavy atom. The summed E-state index contributed by atoms with van der Waals surface area (Å²) >= 11 is 1.17. The van der Waals surface area contributed by atoms with E-state index >= 15 is 0 Å². The number of thiazole rings is 1. The number of fused-ring (bicyclic) bond motifs is 1. The van der Waals surface area contributed by atoms with Crippen LogP contribution in [0.5, 0.6) is 0 Å². The van der Waals surface area contributed by atoms with Crippen molar-refractivity contribution in [1.82, 2.24) is 4.57 Å². The van der Waals surface area contributed by atoms with Crippen molar-refractivity contribution < 1.29 is 9.21 Å². The molecule has 1 aromatic carbocycles. The van der Waals surface area contributed by atoms with Gasteiger partial charge in [-0.15, -0.1) is 0 Å². The van der Waals surface area contributed by atoms with E-state index in [4.69, 9.17) is 4.42 Å². The molecule has 0 unspecified atom stereocenters. The summed E-state index contributed by atoms with van der Waals surface area (Å²) in [6, 6.07) is 8.68. The molecule has 0 bridgehead atoms. The van der Waals surface area contributed by atoms with E-state index in [1.165, 1.54) is 17.6 Å². The molecular weight excluding hydrogens is 276 g/mol. The van der Waals surface area contributed by atoms with Crippen LogP contribution in [-0.4, -0.2) is 10.5 Å². The monoisotopic (exact) mass is 288 g/mol. The maximum Gasteiger partial charge on any atom is 0.308 e. The molecule has 102 valence electrons. The third-order valence-electron chi connectivity index (χ3n) is 2.99. The number of furan rings is 1. The summed E-state index contributed by atoms with van der Waals surface area (Å²) in [6.45, 7) is 2.57. The van der Waals surface area contributed by atoms with Gasteiger partial charge in [0, 0.05) is 12.2 Å². The number of rotatable bonds is 3. The Balaban J connectivity index is 1.94. The third-order valence-corrected chi connectivity index (χ3v) is 3.93. The highest BCUT2D eigenvalue weighted by Crippen LogP contribution is 2.22. The molecule has 5 nitrogen and oxygen atoms in total. The summed E-state index contributed by atoms with van der Waals surface area (Å²) in [7, 11) is 0. The fourth-order valence-electron chi connectivity index (χ4n) is 2.04. The quantitative estimate of drug-likeness (QED) is 0.806. The summed E-state index contributed by atoms with van der Waals surface area (Å²) in [5.74, 6) is -0.0546. The topological polar surface area (TPSA) is 64.2 Å². The molecule has 1 N–H and O–H groups in total. The van der Waals surface area contributed by atoms with Gasteiger partial charge in [0.25, 0.3) is 5.91 Å². The number of carbonyl (C=O) groups is 1. The Kier molecular flexibility index (Phi) is 3.15. The Hall–Kier alpha value is -2.34. The Bertz CT molecular complexity index is 815. The molecule has 0 aliphatic rings. The first-order valence-electron chi connectivity index (χ1n) is 6.17. The number of nitrogens with one attached hydrogen (secondary N) is 1. The van der Waals surface area contributed by atoms with E-state index in [1.807, 2.05) is 13.0 Å². The fourth-order valence-corrected chi connectivity index (χ4v) is 3.04. The standard InChI is InChI=1S/C14H12N2O3S/c1-2-16-10-6-5-9(8-12(10)20-14(16)18)15-13(17)11-4-3-7-19-11/h3-8H,2H2,1H3,(H,15,17). The molecule has 2 heterocycles. The van der Waals surface area contributed by atoms with E-state index in [-0.39, 0.29) is 16.5 Å². The van der Waals surface area contributed by atoms with Gasteiger partial charge < -0.3 is 9.73 Å². The van der Waals surface area contributed by atoms with Crippen LogP contribution in [0.25, 0.3) is 10.2 Å². The van der Waals surface area contributed by atoms with Crippen molar-refractivity contribution in [3.05, 3.63) is 52.0 Å². The summed E-state index contributed by atoms with van der Waals surface area (Å²) in [5.41, 5.74) is 1.53. The van der Waals surface area contributed by atoms with Crippen LogP contribution >= 0.6 is 11.3 Å². The Morgan fingerprint density at radius 1 is 1.40 bits per heavy atom. The van der Waals surface area contributed by atoms with Crippen molar-refractivity contribution in [3.8, 4) is 0 Å². The van der Waals surface area contributed by atoms with Gasteiger partial charge in [0.05, 0.1) is 16.5 Å². The van der Waals surface area contributed by atoms with E-state index in [1.54, 1.807) is 28.8 Å². The highest BCUT2D eigenvalue weighted by molar-refractivity contribution is 7.16. The number of benzene rings is 1. The molecular formula is C14H12N2O3S. The number of anilines is 1. The van der Waals surface area contributed by atoms with E-state index < -0.39 is 0 Å². The van der Waals surface area contributed by atoms with Crippen LogP contribution in [-0.2, 0) is 6.54 Å². The van der Waals surface area contributed by atoms with Crippen molar-refractivity contribution in [3.63, 3.8) is 0 Å². The molecule has 0 aliphatic heterocycles. The van der Waals surface area contributed by atoms with E-state index in [2.05, 4.69) is 5.32 Å². The number of nitrogens with zero attached hydrogens (tertiary/aromatic N) is 1. The maximum atomic E-state index is 11.9. The molecule has 0 fully saturated rings. The van der Waals surface area contributed by atoms with Gasteiger partial charge in [-0.3, -0.25) is 14.2 Å². The maximum absolute atomic E-state index is 11.9. The normalized spacial score (nSPS) is 10.8. The van der Waals surface area contributed by atoms with Crippen LogP contribution in [0.4, 0.5) is 5.69 Å². The molecule has 6 heteroatoms. The fraction of sp³-hybridized carbons (Fsp3) is 0.143. The highest BCUT2D eigenvalue weighted by atomic mass is 32.1. The zero-order valence-corrected chi connectivity index (χ0v) is 11.6. The minimum Gasteiger partial charge on any atom is -0.459 e. The molecule has 0 radical (unpaired) electrons. The second kappa shape index (κ2) is 4.97. The first kappa shape index (κ1) is 12.7. The number of amides is 1. The average molecular weight is 288 g/mol. The van der Waals surface area contributed by atoms with Gasteiger partial charge in [-0.1, -0.05) is 11.3 Å². The van der Waals surface area contributed by atoms with Crippen LogP contribution < -0.4 is 10.2 Å². The summed E-state index contributed by atoms with van der Waals surface area (Å²) in [5, 5.41) is 2.75. The number of aryl methyl sites for hydroxylation is 1. The number of hydrogen-bond acceptors (Lipinski definition) is 4. The lowest BCUT2D eigenvalue weighted by molar-refractivity contribution is 0.0996. The zero-order valence-electron chi connectivity index (χ0n) is 10.8. The van der Waals surface area contributed by atoms with Gasteiger partial charge in [-0.05, 0) is 37.3 Å². The lowest BCUT2D eigenvalue weighted by Gasteiger charge is -2.04. The van der Waals surface area contributed by atoms with Crippen molar-refractivity contribution >= 4 is 33.1 Å². The second-order valence-electron chi connectivity index (χ2n) is 4.23. The van der Waals surface area contributed by atoms with E-state index in [9.17, 15) is 9.59 Å². The first-order chi connectivity index (χ1) is 9.69. The molecule has 1 amide bonds. The van der Waals surface area contributed by atoms with Crippen molar-refractivity contribution in [1.29, 1.82) is 0 Å². The minimum absolute atomic E-state index is 0.0111. The molecule has 0 aliphatic carbocycles. The third kappa shape index (κ3) is 2.14. The molecule has 0 spiro atoms. The molecule has 0 saturated carbocycles. The summed E-state index contributed by atoms with van der Waals surface area (Å²) < 4.78 is 7.59. The predicted molar refractivity (Wildman–Crippen MR) is 78.4 cm³/mol.